The largest absolute Gasteiger partial charge is 0.343 e. The molecule has 0 aromatic rings. The van der Waals surface area contributed by atoms with Crippen molar-refractivity contribution in [3.8, 4) is 0 Å². The highest BCUT2D eigenvalue weighted by molar-refractivity contribution is 9.14. The van der Waals surface area contributed by atoms with E-state index in [9.17, 15) is 4.79 Å². The molecule has 0 aromatic carbocycles. The van der Waals surface area contributed by atoms with E-state index in [-0.39, 0.29) is 0 Å². The van der Waals surface area contributed by atoms with E-state index in [1.54, 1.807) is 11.4 Å². The van der Waals surface area contributed by atoms with Crippen LogP contribution in [-0.4, -0.2) is 13.0 Å². The van der Waals surface area contributed by atoms with Crippen LogP contribution in [0.25, 0.3) is 0 Å². The molecular weight excluding hydrogens is 238 g/mol. The van der Waals surface area contributed by atoms with Crippen molar-refractivity contribution in [2.24, 2.45) is 0 Å². The quantitative estimate of drug-likeness (QED) is 0.742. The van der Waals surface area contributed by atoms with Crippen molar-refractivity contribution < 1.29 is 4.79 Å². The fourth-order valence-corrected chi connectivity index (χ4v) is 0.461. The van der Waals surface area contributed by atoms with Gasteiger partial charge in [0.15, 0.2) is 0 Å². The number of amides is 1. The van der Waals surface area contributed by atoms with Crippen molar-refractivity contribution in [3.63, 3.8) is 0 Å². The zero-order chi connectivity index (χ0) is 6.41. The minimum atomic E-state index is 0.481. The van der Waals surface area contributed by atoms with Crippen LogP contribution in [0, 0.1) is 0 Å². The first kappa shape index (κ1) is 8.17. The summed E-state index contributed by atoms with van der Waals surface area (Å²) in [5.74, 6) is 0. The van der Waals surface area contributed by atoms with Gasteiger partial charge in [-0.2, -0.15) is 0 Å². The molecule has 0 spiro atoms. The van der Waals surface area contributed by atoms with E-state index in [2.05, 4.69) is 37.2 Å². The molecule has 2 nitrogen and oxygen atoms in total. The predicted molar refractivity (Wildman–Crippen MR) is 39.6 cm³/mol. The molecule has 0 fully saturated rings. The summed E-state index contributed by atoms with van der Waals surface area (Å²) in [6.07, 6.45) is 1.54. The molecule has 0 aliphatic carbocycles. The van der Waals surface area contributed by atoms with E-state index < -0.39 is 0 Å². The summed E-state index contributed by atoms with van der Waals surface area (Å²) < 4.78 is 0.876. The van der Waals surface area contributed by atoms with Crippen LogP contribution >= 0.6 is 31.9 Å². The van der Waals surface area contributed by atoms with Crippen LogP contribution in [0.4, 0.5) is 0 Å². The molecule has 0 aliphatic rings. The molecule has 1 amide bonds. The van der Waals surface area contributed by atoms with E-state index in [0.717, 1.165) is 4.48 Å². The third-order valence-electron chi connectivity index (χ3n) is 0.448. The lowest BCUT2D eigenvalue weighted by Gasteiger charge is -1.90. The van der Waals surface area contributed by atoms with Crippen molar-refractivity contribution in [2.75, 3.05) is 6.54 Å². The second kappa shape index (κ2) is 5.31. The third kappa shape index (κ3) is 4.33. The van der Waals surface area contributed by atoms with Gasteiger partial charge in [-0.1, -0.05) is 31.9 Å². The Morgan fingerprint density at radius 2 is 2.50 bits per heavy atom. The Morgan fingerprint density at radius 3 is 2.88 bits per heavy atom. The van der Waals surface area contributed by atoms with Crippen LogP contribution in [0.1, 0.15) is 0 Å². The maximum absolute atomic E-state index is 9.53. The Kier molecular flexibility index (Phi) is 5.42. The summed E-state index contributed by atoms with van der Waals surface area (Å²) in [6, 6.07) is 0. The smallest absolute Gasteiger partial charge is 0.309 e. The normalized spacial score (nSPS) is 11.0. The van der Waals surface area contributed by atoms with Crippen LogP contribution < -0.4 is 5.32 Å². The van der Waals surface area contributed by atoms with E-state index in [4.69, 9.17) is 0 Å². The molecule has 0 aliphatic heterocycles. The third-order valence-corrected chi connectivity index (χ3v) is 2.12. The molecular formula is C4H4Br2NO. The Balaban J connectivity index is 3.24. The van der Waals surface area contributed by atoms with Gasteiger partial charge < -0.3 is 5.32 Å². The van der Waals surface area contributed by atoms with Crippen LogP contribution in [-0.2, 0) is 4.79 Å². The van der Waals surface area contributed by atoms with Gasteiger partial charge in [-0.25, -0.2) is 0 Å². The maximum atomic E-state index is 9.53. The van der Waals surface area contributed by atoms with E-state index >= 15 is 0 Å². The predicted octanol–water partition coefficient (Wildman–Crippen LogP) is 1.27. The number of hydrogen-bond acceptors (Lipinski definition) is 1. The molecule has 0 rings (SSSR count). The average molecular weight is 242 g/mol. The summed E-state index contributed by atoms with van der Waals surface area (Å²) in [6.45, 7) is 0.481. The molecule has 0 aromatic heterocycles. The number of halogens is 2. The number of carbonyl (C=O) groups excluding carboxylic acids is 1. The minimum absolute atomic E-state index is 0.481. The molecule has 0 bridgehead atoms. The Hall–Kier alpha value is 0.170. The SMILES string of the molecule is O=[C]NCC(Br)=CBr. The van der Waals surface area contributed by atoms with Gasteiger partial charge in [-0.3, -0.25) is 4.79 Å². The maximum Gasteiger partial charge on any atom is 0.309 e. The first-order chi connectivity index (χ1) is 3.81. The number of nitrogens with one attached hydrogen (secondary N) is 1. The summed E-state index contributed by atoms with van der Waals surface area (Å²) >= 11 is 6.22. The summed E-state index contributed by atoms with van der Waals surface area (Å²) in [5, 5.41) is 2.35. The highest BCUT2D eigenvalue weighted by Gasteiger charge is 1.85. The van der Waals surface area contributed by atoms with Crippen molar-refractivity contribution in [1.29, 1.82) is 0 Å². The van der Waals surface area contributed by atoms with Crippen molar-refractivity contribution >= 4 is 38.3 Å². The van der Waals surface area contributed by atoms with E-state index in [1.807, 2.05) is 0 Å². The van der Waals surface area contributed by atoms with Gasteiger partial charge in [0.05, 0.1) is 6.54 Å². The fraction of sp³-hybridized carbons (Fsp3) is 0.250. The number of hydrogen-bond donors (Lipinski definition) is 1. The van der Waals surface area contributed by atoms with Crippen LogP contribution in [0.15, 0.2) is 9.47 Å². The average Bonchev–Trinajstić information content (AvgIpc) is 1.83. The monoisotopic (exact) mass is 240 g/mol. The molecule has 45 valence electrons. The van der Waals surface area contributed by atoms with Gasteiger partial charge in [0.25, 0.3) is 0 Å². The molecule has 0 heterocycles. The standard InChI is InChI=1S/C4H4Br2NO/c5-1-4(6)2-7-3-8/h1H,2H2,(H,7,8). The minimum Gasteiger partial charge on any atom is -0.343 e. The second-order valence-corrected chi connectivity index (χ2v) is 2.49. The number of rotatable bonds is 3. The topological polar surface area (TPSA) is 29.1 Å². The Morgan fingerprint density at radius 1 is 1.88 bits per heavy atom. The van der Waals surface area contributed by atoms with Crippen LogP contribution in [0.2, 0.25) is 0 Å². The molecule has 1 N–H and O–H groups in total. The lowest BCUT2D eigenvalue weighted by atomic mass is 10.6. The van der Waals surface area contributed by atoms with Gasteiger partial charge in [0, 0.05) is 4.48 Å². The Labute approximate surface area is 64.6 Å². The molecule has 0 saturated carbocycles. The fourth-order valence-electron chi connectivity index (χ4n) is 0.159. The molecule has 8 heavy (non-hydrogen) atoms. The van der Waals surface area contributed by atoms with E-state index in [0.29, 0.717) is 6.54 Å². The van der Waals surface area contributed by atoms with Crippen LogP contribution in [0.5, 0.6) is 0 Å². The van der Waals surface area contributed by atoms with Crippen molar-refractivity contribution in [1.82, 2.24) is 5.32 Å². The van der Waals surface area contributed by atoms with Gasteiger partial charge in [-0.05, 0) is 4.99 Å². The van der Waals surface area contributed by atoms with Crippen LogP contribution in [0.3, 0.4) is 0 Å². The summed E-state index contributed by atoms with van der Waals surface area (Å²) in [4.78, 5) is 11.2. The first-order valence-corrected chi connectivity index (χ1v) is 3.57. The Bertz CT molecular complexity index is 102. The lowest BCUT2D eigenvalue weighted by Crippen LogP contribution is -2.11. The highest BCUT2D eigenvalue weighted by Crippen LogP contribution is 2.04. The van der Waals surface area contributed by atoms with Gasteiger partial charge in [0.1, 0.15) is 0 Å². The zero-order valence-electron chi connectivity index (χ0n) is 3.95. The molecule has 0 saturated heterocycles. The molecule has 4 heteroatoms. The highest BCUT2D eigenvalue weighted by atomic mass is 79.9. The second-order valence-electron chi connectivity index (χ2n) is 1.01. The van der Waals surface area contributed by atoms with Gasteiger partial charge >= 0.3 is 6.41 Å². The zero-order valence-corrected chi connectivity index (χ0v) is 7.12. The van der Waals surface area contributed by atoms with E-state index in [1.165, 1.54) is 0 Å². The molecule has 1 radical (unpaired) electrons. The van der Waals surface area contributed by atoms with Gasteiger partial charge in [0.2, 0.25) is 0 Å². The first-order valence-electron chi connectivity index (χ1n) is 1.86. The summed E-state index contributed by atoms with van der Waals surface area (Å²) in [7, 11) is 0. The van der Waals surface area contributed by atoms with Crippen molar-refractivity contribution in [2.45, 2.75) is 0 Å². The lowest BCUT2D eigenvalue weighted by molar-refractivity contribution is 0.545. The molecule has 0 unspecified atom stereocenters. The summed E-state index contributed by atoms with van der Waals surface area (Å²) in [5.41, 5.74) is 0. The molecule has 0 atom stereocenters. The van der Waals surface area contributed by atoms with Gasteiger partial charge in [-0.15, -0.1) is 0 Å². The van der Waals surface area contributed by atoms with Crippen molar-refractivity contribution in [3.05, 3.63) is 9.47 Å².